The summed E-state index contributed by atoms with van der Waals surface area (Å²) in [7, 11) is 0. The van der Waals surface area contributed by atoms with Crippen LogP contribution in [0.2, 0.25) is 0 Å². The molecule has 0 aliphatic heterocycles. The highest BCUT2D eigenvalue weighted by Crippen LogP contribution is 2.25. The lowest BCUT2D eigenvalue weighted by atomic mass is 9.88. The van der Waals surface area contributed by atoms with Crippen LogP contribution in [-0.4, -0.2) is 22.6 Å². The number of thiazole rings is 1. The summed E-state index contributed by atoms with van der Waals surface area (Å²) in [6.07, 6.45) is 8.12. The molecule has 3 nitrogen and oxygen atoms in total. The Labute approximate surface area is 160 Å². The van der Waals surface area contributed by atoms with Crippen LogP contribution in [0.4, 0.5) is 0 Å². The Kier molecular flexibility index (Phi) is 5.25. The number of hydrogen-bond donors (Lipinski definition) is 1. The molecule has 3 aromatic rings. The van der Waals surface area contributed by atoms with Gasteiger partial charge in [-0.1, -0.05) is 22.0 Å². The fourth-order valence-electron chi connectivity index (χ4n) is 3.36. The maximum atomic E-state index is 4.75. The first kappa shape index (κ1) is 16.9. The van der Waals surface area contributed by atoms with Gasteiger partial charge in [0.15, 0.2) is 0 Å². The third kappa shape index (κ3) is 4.17. The summed E-state index contributed by atoms with van der Waals surface area (Å²) in [6, 6.07) is 11.3. The number of rotatable bonds is 5. The number of benzene rings is 1. The number of halogens is 1. The highest BCUT2D eigenvalue weighted by atomic mass is 79.9. The van der Waals surface area contributed by atoms with Crippen molar-refractivity contribution in [2.45, 2.75) is 31.7 Å². The van der Waals surface area contributed by atoms with Crippen LogP contribution in [0.1, 0.15) is 22.6 Å². The van der Waals surface area contributed by atoms with Crippen molar-refractivity contribution >= 4 is 27.3 Å². The third-order valence-corrected chi connectivity index (χ3v) is 6.10. The zero-order chi connectivity index (χ0) is 17.1. The number of aryl methyl sites for hydroxylation is 1. The maximum Gasteiger partial charge on any atom is 0.0945 e. The Morgan fingerprint density at radius 1 is 1.16 bits per heavy atom. The predicted molar refractivity (Wildman–Crippen MR) is 107 cm³/mol. The summed E-state index contributed by atoms with van der Waals surface area (Å²) < 4.78 is 1.19. The van der Waals surface area contributed by atoms with Crippen molar-refractivity contribution < 1.29 is 0 Å². The van der Waals surface area contributed by atoms with E-state index >= 15 is 0 Å². The van der Waals surface area contributed by atoms with Crippen molar-refractivity contribution in [3.8, 4) is 11.3 Å². The molecule has 25 heavy (non-hydrogen) atoms. The minimum atomic E-state index is 0.577. The molecule has 2 heterocycles. The number of nitrogens with one attached hydrogen (secondary N) is 1. The van der Waals surface area contributed by atoms with E-state index in [9.17, 15) is 0 Å². The average Bonchev–Trinajstić information content (AvgIpc) is 3.11. The fourth-order valence-corrected chi connectivity index (χ4v) is 4.58. The van der Waals surface area contributed by atoms with Gasteiger partial charge in [0.05, 0.1) is 10.7 Å². The van der Waals surface area contributed by atoms with E-state index in [1.165, 1.54) is 27.0 Å². The second-order valence-electron chi connectivity index (χ2n) is 6.42. The first-order valence-corrected chi connectivity index (χ1v) is 10.3. The first-order chi connectivity index (χ1) is 12.3. The highest BCUT2D eigenvalue weighted by molar-refractivity contribution is 9.10. The minimum Gasteiger partial charge on any atom is -0.313 e. The summed E-state index contributed by atoms with van der Waals surface area (Å²) in [6.45, 7) is 0.986. The number of hydrogen-bond acceptors (Lipinski definition) is 4. The van der Waals surface area contributed by atoms with Gasteiger partial charge in [0.2, 0.25) is 0 Å². The number of fused-ring (bicyclic) bond motifs is 1. The van der Waals surface area contributed by atoms with Crippen molar-refractivity contribution in [2.75, 3.05) is 6.54 Å². The molecule has 1 atom stereocenters. The molecule has 0 bridgehead atoms. The van der Waals surface area contributed by atoms with Gasteiger partial charge in [-0.25, -0.2) is 4.98 Å². The Morgan fingerprint density at radius 3 is 2.92 bits per heavy atom. The van der Waals surface area contributed by atoms with E-state index in [1.54, 1.807) is 11.3 Å². The van der Waals surface area contributed by atoms with Crippen LogP contribution >= 0.6 is 27.3 Å². The molecule has 1 unspecified atom stereocenters. The van der Waals surface area contributed by atoms with Crippen molar-refractivity contribution in [1.82, 2.24) is 15.3 Å². The van der Waals surface area contributed by atoms with Crippen LogP contribution in [-0.2, 0) is 19.3 Å². The normalized spacial score (nSPS) is 16.6. The van der Waals surface area contributed by atoms with Crippen molar-refractivity contribution in [1.29, 1.82) is 0 Å². The number of nitrogens with zero attached hydrogens (tertiary/aromatic N) is 2. The lowest BCUT2D eigenvalue weighted by Gasteiger charge is -2.25. The Hall–Kier alpha value is -1.56. The Bertz CT molecular complexity index is 847. The van der Waals surface area contributed by atoms with Gasteiger partial charge in [-0.3, -0.25) is 4.98 Å². The molecule has 128 valence electrons. The maximum absolute atomic E-state index is 4.75. The minimum absolute atomic E-state index is 0.577. The van der Waals surface area contributed by atoms with Crippen LogP contribution in [0.3, 0.4) is 0 Å². The highest BCUT2D eigenvalue weighted by Gasteiger charge is 2.18. The number of aromatic nitrogens is 2. The Morgan fingerprint density at radius 2 is 2.04 bits per heavy atom. The zero-order valence-electron chi connectivity index (χ0n) is 13.9. The van der Waals surface area contributed by atoms with Gasteiger partial charge in [0.25, 0.3) is 0 Å². The molecule has 0 saturated heterocycles. The van der Waals surface area contributed by atoms with E-state index in [1.807, 2.05) is 24.5 Å². The van der Waals surface area contributed by atoms with Gasteiger partial charge in [-0.2, -0.15) is 0 Å². The van der Waals surface area contributed by atoms with Crippen molar-refractivity contribution in [3.63, 3.8) is 0 Å². The van der Waals surface area contributed by atoms with Crippen LogP contribution < -0.4 is 5.32 Å². The van der Waals surface area contributed by atoms with E-state index in [0.29, 0.717) is 6.04 Å². The smallest absolute Gasteiger partial charge is 0.0945 e. The molecular weight excluding hydrogens is 394 g/mol. The molecule has 5 heteroatoms. The van der Waals surface area contributed by atoms with Gasteiger partial charge in [0.1, 0.15) is 0 Å². The van der Waals surface area contributed by atoms with E-state index in [-0.39, 0.29) is 0 Å². The number of pyridine rings is 1. The van der Waals surface area contributed by atoms with Crippen LogP contribution in [0.15, 0.2) is 52.6 Å². The molecule has 0 radical (unpaired) electrons. The van der Waals surface area contributed by atoms with E-state index < -0.39 is 0 Å². The van der Waals surface area contributed by atoms with Gasteiger partial charge in [-0.15, -0.1) is 11.3 Å². The predicted octanol–water partition coefficient (Wildman–Crippen LogP) is 4.66. The molecule has 0 saturated carbocycles. The summed E-state index contributed by atoms with van der Waals surface area (Å²) in [5, 5.41) is 7.05. The monoisotopic (exact) mass is 413 g/mol. The van der Waals surface area contributed by atoms with Gasteiger partial charge in [0, 0.05) is 46.8 Å². The van der Waals surface area contributed by atoms with Gasteiger partial charge >= 0.3 is 0 Å². The van der Waals surface area contributed by atoms with Gasteiger partial charge in [-0.05, 0) is 54.7 Å². The molecule has 0 fully saturated rings. The lowest BCUT2D eigenvalue weighted by Crippen LogP contribution is -2.35. The molecule has 2 aromatic heterocycles. The Balaban J connectivity index is 1.30. The summed E-state index contributed by atoms with van der Waals surface area (Å²) in [5.41, 5.74) is 5.18. The van der Waals surface area contributed by atoms with Crippen LogP contribution in [0.5, 0.6) is 0 Å². The van der Waals surface area contributed by atoms with Crippen molar-refractivity contribution in [3.05, 3.63) is 68.7 Å². The second kappa shape index (κ2) is 7.77. The zero-order valence-corrected chi connectivity index (χ0v) is 16.3. The summed E-state index contributed by atoms with van der Waals surface area (Å²) >= 11 is 5.31. The van der Waals surface area contributed by atoms with Crippen LogP contribution in [0, 0.1) is 0 Å². The van der Waals surface area contributed by atoms with Crippen molar-refractivity contribution in [2.24, 2.45) is 0 Å². The first-order valence-electron chi connectivity index (χ1n) is 8.63. The molecule has 1 aliphatic rings. The standard InChI is InChI=1S/C20H20BrN3S/c21-17-3-1-16-12-18(4-2-15(16)11-17)23-10-7-20-24-19(13-25-20)14-5-8-22-9-6-14/h1,3,5-6,8-9,11,13,18,23H,2,4,7,10,12H2. The third-order valence-electron chi connectivity index (χ3n) is 4.70. The van der Waals surface area contributed by atoms with E-state index in [2.05, 4.69) is 49.8 Å². The van der Waals surface area contributed by atoms with Crippen LogP contribution in [0.25, 0.3) is 11.3 Å². The molecule has 1 N–H and O–H groups in total. The lowest BCUT2D eigenvalue weighted by molar-refractivity contribution is 0.461. The molecule has 0 amide bonds. The second-order valence-corrected chi connectivity index (χ2v) is 8.28. The molecule has 1 aromatic carbocycles. The van der Waals surface area contributed by atoms with E-state index in [0.717, 1.165) is 37.1 Å². The topological polar surface area (TPSA) is 37.8 Å². The SMILES string of the molecule is Brc1ccc2c(c1)CCC(NCCc1nc(-c3ccncc3)cs1)C2. The molecule has 4 rings (SSSR count). The molecule has 0 spiro atoms. The largest absolute Gasteiger partial charge is 0.313 e. The van der Waals surface area contributed by atoms with Gasteiger partial charge < -0.3 is 5.32 Å². The quantitative estimate of drug-likeness (QED) is 0.660. The molecular formula is C20H20BrN3S. The summed E-state index contributed by atoms with van der Waals surface area (Å²) in [5.74, 6) is 0. The summed E-state index contributed by atoms with van der Waals surface area (Å²) in [4.78, 5) is 8.82. The molecule has 1 aliphatic carbocycles. The van der Waals surface area contributed by atoms with E-state index in [4.69, 9.17) is 4.98 Å². The fraction of sp³-hybridized carbons (Fsp3) is 0.300. The average molecular weight is 414 g/mol.